The normalized spacial score (nSPS) is 10.2. The van der Waals surface area contributed by atoms with Gasteiger partial charge in [0.1, 0.15) is 34.9 Å². The fourth-order valence-electron chi connectivity index (χ4n) is 5.61. The van der Waals surface area contributed by atoms with Crippen molar-refractivity contribution in [3.05, 3.63) is 250 Å². The Bertz CT molecular complexity index is 2870. The van der Waals surface area contributed by atoms with E-state index in [0.717, 1.165) is 0 Å². The van der Waals surface area contributed by atoms with Crippen LogP contribution in [0.25, 0.3) is 33.4 Å². The van der Waals surface area contributed by atoms with Crippen molar-refractivity contribution in [1.29, 1.82) is 0 Å². The lowest BCUT2D eigenvalue weighted by atomic mass is 10.0. The number of H-pyrrole nitrogens is 3. The first-order valence-electron chi connectivity index (χ1n) is 20.3. The van der Waals surface area contributed by atoms with Gasteiger partial charge in [0.2, 0.25) is 0 Å². The van der Waals surface area contributed by atoms with Gasteiger partial charge in [0.05, 0.1) is 33.4 Å². The molecule has 420 valence electrons. The van der Waals surface area contributed by atoms with Crippen LogP contribution in [0.2, 0.25) is 0 Å². The summed E-state index contributed by atoms with van der Waals surface area (Å²) in [7, 11) is -2.17. The van der Waals surface area contributed by atoms with E-state index in [0.29, 0.717) is 0 Å². The van der Waals surface area contributed by atoms with Crippen LogP contribution in [0, 0.1) is 140 Å². The molecule has 0 bridgehead atoms. The van der Waals surface area contributed by atoms with E-state index in [9.17, 15) is 105 Å². The lowest BCUT2D eigenvalue weighted by Gasteiger charge is -2.10. The maximum absolute atomic E-state index is 13.4. The van der Waals surface area contributed by atoms with Crippen LogP contribution in [-0.4, -0.2) is 37.3 Å². The highest BCUT2D eigenvalue weighted by atomic mass is 19.2. The molecular weight excluding hydrogens is 1130 g/mol. The molecule has 6 aromatic carbocycles. The van der Waals surface area contributed by atoms with Gasteiger partial charge in [-0.3, -0.25) is 0 Å². The Hall–Kier alpha value is -8.58. The van der Waals surface area contributed by atoms with Crippen molar-refractivity contribution in [2.24, 2.45) is 0 Å². The van der Waals surface area contributed by atoms with Gasteiger partial charge in [-0.15, -0.1) is 0 Å². The number of benzene rings is 6. The lowest BCUT2D eigenvalue weighted by Crippen LogP contribution is -2.07. The highest BCUT2D eigenvalue weighted by Crippen LogP contribution is 2.38. The standard InChI is InChI=1S/3C12H2F8.3C4H5N.BH3O3/c3*13-3-1-5(15)9(17)11(19)7(3)8-4(14)2-6(16)10(18)12(8)20;3*1-2-4-5-3-1;2-1(3)4/h3*1-2H;3*1-5H;2-4H. The molecule has 0 spiro atoms. The van der Waals surface area contributed by atoms with E-state index < -0.39 is 180 Å². The number of aromatic amines is 3. The van der Waals surface area contributed by atoms with Crippen molar-refractivity contribution in [3.8, 4) is 33.4 Å². The first-order valence-corrected chi connectivity index (χ1v) is 20.3. The van der Waals surface area contributed by atoms with Crippen molar-refractivity contribution >= 4 is 7.32 Å². The molecule has 6 N–H and O–H groups in total. The Morgan fingerprint density at radius 2 is 0.316 bits per heavy atom. The minimum atomic E-state index is -2.26. The highest BCUT2D eigenvalue weighted by molar-refractivity contribution is 6.30. The predicted octanol–water partition coefficient (Wildman–Crippen LogP) is 14.4. The molecule has 0 atom stereocenters. The van der Waals surface area contributed by atoms with E-state index in [1.165, 1.54) is 0 Å². The van der Waals surface area contributed by atoms with Gasteiger partial charge in [-0.25, -0.2) is 105 Å². The largest absolute Gasteiger partial charge is 0.631 e. The molecular formula is C48H24BF24N3O3. The smallest absolute Gasteiger partial charge is 0.402 e. The Labute approximate surface area is 425 Å². The summed E-state index contributed by atoms with van der Waals surface area (Å²) < 4.78 is 315. The summed E-state index contributed by atoms with van der Waals surface area (Å²) in [4.78, 5) is 8.58. The van der Waals surface area contributed by atoms with Gasteiger partial charge in [-0.05, 0) is 36.4 Å². The summed E-state index contributed by atoms with van der Waals surface area (Å²) in [5.74, 6) is -49.6. The molecule has 0 saturated carbocycles. The van der Waals surface area contributed by atoms with E-state index in [1.54, 1.807) is 0 Å². The molecule has 3 aromatic heterocycles. The molecule has 0 radical (unpaired) electrons. The molecule has 0 unspecified atom stereocenters. The number of nitrogens with one attached hydrogen (secondary N) is 3. The van der Waals surface area contributed by atoms with Crippen LogP contribution >= 0.6 is 0 Å². The van der Waals surface area contributed by atoms with Gasteiger partial charge >= 0.3 is 7.32 Å². The van der Waals surface area contributed by atoms with E-state index in [-0.39, 0.29) is 36.4 Å². The van der Waals surface area contributed by atoms with Crippen LogP contribution in [0.4, 0.5) is 105 Å². The SMILES string of the molecule is Fc1cc(F)c(-c2c(F)cc(F)c(F)c2F)c(F)c1F.Fc1cc(F)c(-c2c(F)cc(F)c(F)c2F)c(F)c1F.Fc1cc(F)c(-c2c(F)cc(F)c(F)c2F)c(F)c1F.OB(O)O.c1cc[nH]c1.c1cc[nH]c1.c1cc[nH]c1. The first kappa shape index (κ1) is 64.7. The summed E-state index contributed by atoms with van der Waals surface area (Å²) in [5, 5.41) is 21.5. The van der Waals surface area contributed by atoms with Gasteiger partial charge < -0.3 is 30.0 Å². The maximum atomic E-state index is 13.4. The number of aromatic nitrogens is 3. The third kappa shape index (κ3) is 16.5. The first-order chi connectivity index (χ1) is 37.0. The monoisotopic (exact) mass is 1160 g/mol. The Kier molecular flexibility index (Phi) is 24.0. The van der Waals surface area contributed by atoms with E-state index in [1.807, 2.05) is 73.6 Å². The molecule has 9 rings (SSSR count). The average Bonchev–Trinajstić information content (AvgIpc) is 4.25. The lowest BCUT2D eigenvalue weighted by molar-refractivity contribution is 0.278. The number of hydrogen-bond donors (Lipinski definition) is 6. The Morgan fingerprint density at radius 3 is 0.405 bits per heavy atom. The van der Waals surface area contributed by atoms with Crippen molar-refractivity contribution in [3.63, 3.8) is 0 Å². The average molecular weight is 1160 g/mol. The zero-order valence-electron chi connectivity index (χ0n) is 37.9. The fraction of sp³-hybridized carbons (Fsp3) is 0. The molecule has 0 saturated heterocycles. The molecule has 6 nitrogen and oxygen atoms in total. The minimum absolute atomic E-state index is 0.173. The van der Waals surface area contributed by atoms with Crippen LogP contribution in [0.3, 0.4) is 0 Å². The second-order valence-corrected chi connectivity index (χ2v) is 14.1. The van der Waals surface area contributed by atoms with Gasteiger partial charge in [0, 0.05) is 73.6 Å². The summed E-state index contributed by atoms with van der Waals surface area (Å²) in [5.41, 5.74) is -10.0. The highest BCUT2D eigenvalue weighted by Gasteiger charge is 2.31. The van der Waals surface area contributed by atoms with Crippen molar-refractivity contribution in [2.75, 3.05) is 0 Å². The minimum Gasteiger partial charge on any atom is -0.402 e. The van der Waals surface area contributed by atoms with Gasteiger partial charge in [-0.2, -0.15) is 0 Å². The van der Waals surface area contributed by atoms with Crippen LogP contribution in [0.15, 0.2) is 110 Å². The molecule has 3 heterocycles. The Balaban J connectivity index is 0.000000265. The zero-order chi connectivity index (χ0) is 59.7. The summed E-state index contributed by atoms with van der Waals surface area (Å²) >= 11 is 0. The topological polar surface area (TPSA) is 108 Å². The number of rotatable bonds is 3. The third-order valence-electron chi connectivity index (χ3n) is 8.92. The number of halogens is 24. The van der Waals surface area contributed by atoms with Gasteiger partial charge in [0.15, 0.2) is 105 Å². The van der Waals surface area contributed by atoms with Crippen molar-refractivity contribution in [1.82, 2.24) is 15.0 Å². The molecule has 0 fully saturated rings. The van der Waals surface area contributed by atoms with Crippen LogP contribution in [0.5, 0.6) is 0 Å². The van der Waals surface area contributed by atoms with E-state index >= 15 is 0 Å². The Morgan fingerprint density at radius 1 is 0.203 bits per heavy atom. The van der Waals surface area contributed by atoms with E-state index in [4.69, 9.17) is 15.1 Å². The number of hydrogen-bond acceptors (Lipinski definition) is 3. The molecule has 31 heteroatoms. The molecule has 0 aliphatic heterocycles. The maximum Gasteiger partial charge on any atom is 0.631 e. The van der Waals surface area contributed by atoms with Crippen LogP contribution in [0.1, 0.15) is 0 Å². The van der Waals surface area contributed by atoms with Crippen molar-refractivity contribution < 1.29 is 120 Å². The summed E-state index contributed by atoms with van der Waals surface area (Å²) in [6.07, 6.45) is 11.2. The van der Waals surface area contributed by atoms with Crippen LogP contribution < -0.4 is 0 Å². The molecule has 0 aliphatic rings. The molecule has 79 heavy (non-hydrogen) atoms. The quantitative estimate of drug-likeness (QED) is 0.0459. The van der Waals surface area contributed by atoms with Crippen molar-refractivity contribution in [2.45, 2.75) is 0 Å². The van der Waals surface area contributed by atoms with Crippen LogP contribution in [-0.2, 0) is 0 Å². The summed E-state index contributed by atoms with van der Waals surface area (Å²) in [6.45, 7) is 0. The van der Waals surface area contributed by atoms with Gasteiger partial charge in [0.25, 0.3) is 0 Å². The predicted molar refractivity (Wildman–Crippen MR) is 229 cm³/mol. The second-order valence-electron chi connectivity index (χ2n) is 14.1. The molecule has 0 amide bonds. The van der Waals surface area contributed by atoms with Gasteiger partial charge in [-0.1, -0.05) is 0 Å². The fourth-order valence-corrected chi connectivity index (χ4v) is 5.61. The molecule has 0 aliphatic carbocycles. The summed E-state index contributed by atoms with van der Waals surface area (Å²) in [6, 6.07) is 10.6. The second kappa shape index (κ2) is 29.2. The molecule has 9 aromatic rings. The zero-order valence-corrected chi connectivity index (χ0v) is 37.9. The van der Waals surface area contributed by atoms with E-state index in [2.05, 4.69) is 15.0 Å². The third-order valence-corrected chi connectivity index (χ3v) is 8.92.